The molecule has 0 N–H and O–H groups in total. The topological polar surface area (TPSA) is 55.0 Å². The van der Waals surface area contributed by atoms with Crippen LogP contribution in [0.2, 0.25) is 0 Å². The third-order valence-corrected chi connectivity index (χ3v) is 5.48. The lowest BCUT2D eigenvalue weighted by Gasteiger charge is -2.17. The van der Waals surface area contributed by atoms with Crippen LogP contribution in [0.4, 0.5) is 0 Å². The molecular weight excluding hydrogens is 360 g/mol. The molecule has 148 valence electrons. The van der Waals surface area contributed by atoms with Gasteiger partial charge in [0.25, 0.3) is 0 Å². The Morgan fingerprint density at radius 2 is 2.00 bits per heavy atom. The lowest BCUT2D eigenvalue weighted by Crippen LogP contribution is -2.14. The molecule has 4 heteroatoms. The van der Waals surface area contributed by atoms with E-state index in [0.29, 0.717) is 12.1 Å². The summed E-state index contributed by atoms with van der Waals surface area (Å²) < 4.78 is 7.42. The smallest absolute Gasteiger partial charge is 0.338 e. The third-order valence-electron chi connectivity index (χ3n) is 5.48. The number of hydrogen-bond acceptors (Lipinski definition) is 3. The molecule has 0 aliphatic rings. The summed E-state index contributed by atoms with van der Waals surface area (Å²) in [5, 5.41) is 10.5. The number of fused-ring (bicyclic) bond motifs is 1. The second-order valence-electron chi connectivity index (χ2n) is 7.85. The van der Waals surface area contributed by atoms with Gasteiger partial charge < -0.3 is 9.30 Å². The molecule has 4 nitrogen and oxygen atoms in total. The van der Waals surface area contributed by atoms with E-state index < -0.39 is 5.41 Å². The molecule has 0 saturated heterocycles. The zero-order valence-corrected chi connectivity index (χ0v) is 17.5. The summed E-state index contributed by atoms with van der Waals surface area (Å²) in [7, 11) is 0. The van der Waals surface area contributed by atoms with Gasteiger partial charge in [0.15, 0.2) is 0 Å². The summed E-state index contributed by atoms with van der Waals surface area (Å²) in [6.45, 7) is 12.5. The molecule has 3 aromatic rings. The van der Waals surface area contributed by atoms with Gasteiger partial charge in [0.05, 0.1) is 17.0 Å². The summed E-state index contributed by atoms with van der Waals surface area (Å²) >= 11 is 0. The average Bonchev–Trinajstić information content (AvgIpc) is 2.96. The molecule has 3 rings (SSSR count). The largest absolute Gasteiger partial charge is 0.458 e. The summed E-state index contributed by atoms with van der Waals surface area (Å²) in [5.74, 6) is -0.344. The second-order valence-corrected chi connectivity index (χ2v) is 7.85. The number of carbonyl (C=O) groups is 1. The normalized spacial score (nSPS) is 11.3. The number of nitriles is 1. The molecule has 0 radical (unpaired) electrons. The average molecular weight is 386 g/mol. The van der Waals surface area contributed by atoms with Crippen LogP contribution in [0.1, 0.15) is 46.6 Å². The molecule has 0 fully saturated rings. The highest BCUT2D eigenvalue weighted by atomic mass is 16.5. The van der Waals surface area contributed by atoms with E-state index in [1.165, 1.54) is 0 Å². The summed E-state index contributed by atoms with van der Waals surface area (Å²) in [4.78, 5) is 12.2. The van der Waals surface area contributed by atoms with Crippen LogP contribution in [0.25, 0.3) is 10.9 Å². The van der Waals surface area contributed by atoms with Crippen molar-refractivity contribution in [3.8, 4) is 6.07 Å². The van der Waals surface area contributed by atoms with E-state index in [0.717, 1.165) is 33.3 Å². The number of hydrogen-bond donors (Lipinski definition) is 0. The number of benzene rings is 2. The molecule has 0 aliphatic heterocycles. The van der Waals surface area contributed by atoms with Gasteiger partial charge in [-0.1, -0.05) is 36.9 Å². The predicted octanol–water partition coefficient (Wildman–Crippen LogP) is 5.45. The Morgan fingerprint density at radius 3 is 2.69 bits per heavy atom. The number of ether oxygens (including phenoxy) is 1. The first-order valence-electron chi connectivity index (χ1n) is 9.66. The monoisotopic (exact) mass is 386 g/mol. The minimum absolute atomic E-state index is 0.200. The second kappa shape index (κ2) is 7.97. The lowest BCUT2D eigenvalue weighted by molar-refractivity contribution is 0.0550. The van der Waals surface area contributed by atoms with E-state index in [9.17, 15) is 10.1 Å². The van der Waals surface area contributed by atoms with Crippen LogP contribution in [0.3, 0.4) is 0 Å². The summed E-state index contributed by atoms with van der Waals surface area (Å²) in [6.07, 6.45) is 1.56. The highest BCUT2D eigenvalue weighted by molar-refractivity contribution is 5.96. The Balaban J connectivity index is 2.00. The summed E-state index contributed by atoms with van der Waals surface area (Å²) in [5.41, 5.74) is 5.53. The minimum Gasteiger partial charge on any atom is -0.458 e. The van der Waals surface area contributed by atoms with E-state index in [-0.39, 0.29) is 12.6 Å². The fourth-order valence-electron chi connectivity index (χ4n) is 3.50. The molecule has 0 bridgehead atoms. The van der Waals surface area contributed by atoms with Gasteiger partial charge in [-0.2, -0.15) is 5.26 Å². The van der Waals surface area contributed by atoms with Crippen molar-refractivity contribution in [2.24, 2.45) is 0 Å². The Hall–Kier alpha value is -3.32. The van der Waals surface area contributed by atoms with Gasteiger partial charge in [-0.05, 0) is 62.6 Å². The SMILES string of the molecule is C=CCOC(=O)c1ccc2c(c1)c(C)c(C)n2Cc1cccc(C(C)(C)C#N)c1. The summed E-state index contributed by atoms with van der Waals surface area (Å²) in [6, 6.07) is 16.2. The number of rotatable bonds is 6. The van der Waals surface area contributed by atoms with E-state index >= 15 is 0 Å². The highest BCUT2D eigenvalue weighted by Gasteiger charge is 2.20. The van der Waals surface area contributed by atoms with Gasteiger partial charge in [0.2, 0.25) is 0 Å². The molecular formula is C25H26N2O2. The fourth-order valence-corrected chi connectivity index (χ4v) is 3.50. The van der Waals surface area contributed by atoms with Crippen LogP contribution in [-0.2, 0) is 16.7 Å². The molecule has 2 aromatic carbocycles. The lowest BCUT2D eigenvalue weighted by atomic mass is 9.85. The van der Waals surface area contributed by atoms with Gasteiger partial charge in [0, 0.05) is 23.1 Å². The maximum atomic E-state index is 12.2. The van der Waals surface area contributed by atoms with Crippen molar-refractivity contribution >= 4 is 16.9 Å². The maximum absolute atomic E-state index is 12.2. The van der Waals surface area contributed by atoms with Crippen LogP contribution in [0.5, 0.6) is 0 Å². The molecule has 1 aromatic heterocycles. The molecule has 0 saturated carbocycles. The van der Waals surface area contributed by atoms with Crippen molar-refractivity contribution in [1.29, 1.82) is 5.26 Å². The number of aryl methyl sites for hydroxylation is 1. The molecule has 29 heavy (non-hydrogen) atoms. The zero-order chi connectivity index (χ0) is 21.2. The van der Waals surface area contributed by atoms with E-state index in [4.69, 9.17) is 4.74 Å². The van der Waals surface area contributed by atoms with Crippen LogP contribution < -0.4 is 0 Å². The van der Waals surface area contributed by atoms with Gasteiger partial charge >= 0.3 is 5.97 Å². The van der Waals surface area contributed by atoms with Gasteiger partial charge in [-0.3, -0.25) is 0 Å². The van der Waals surface area contributed by atoms with Crippen LogP contribution in [0, 0.1) is 25.2 Å². The molecule has 1 heterocycles. The van der Waals surface area contributed by atoms with Crippen LogP contribution >= 0.6 is 0 Å². The van der Waals surface area contributed by atoms with Crippen molar-refractivity contribution in [2.75, 3.05) is 6.61 Å². The molecule has 0 unspecified atom stereocenters. The molecule has 0 amide bonds. The number of aromatic nitrogens is 1. The van der Waals surface area contributed by atoms with Crippen molar-refractivity contribution in [3.05, 3.63) is 83.1 Å². The minimum atomic E-state index is -0.527. The van der Waals surface area contributed by atoms with E-state index in [1.807, 2.05) is 38.1 Å². The predicted molar refractivity (Wildman–Crippen MR) is 116 cm³/mol. The Morgan fingerprint density at radius 1 is 1.24 bits per heavy atom. The van der Waals surface area contributed by atoms with E-state index in [2.05, 4.69) is 43.2 Å². The first-order chi connectivity index (χ1) is 13.8. The number of nitrogens with zero attached hydrogens (tertiary/aromatic N) is 2. The van der Waals surface area contributed by atoms with E-state index in [1.54, 1.807) is 12.1 Å². The quantitative estimate of drug-likeness (QED) is 0.418. The first-order valence-corrected chi connectivity index (χ1v) is 9.66. The molecule has 0 atom stereocenters. The van der Waals surface area contributed by atoms with Gasteiger partial charge in [-0.25, -0.2) is 4.79 Å². The highest BCUT2D eigenvalue weighted by Crippen LogP contribution is 2.29. The fraction of sp³-hybridized carbons (Fsp3) is 0.280. The number of esters is 1. The van der Waals surface area contributed by atoms with Gasteiger partial charge in [0.1, 0.15) is 6.61 Å². The maximum Gasteiger partial charge on any atom is 0.338 e. The first kappa shape index (κ1) is 20.4. The Labute approximate surface area is 172 Å². The van der Waals surface area contributed by atoms with Crippen LogP contribution in [0.15, 0.2) is 55.1 Å². The van der Waals surface area contributed by atoms with Gasteiger partial charge in [-0.15, -0.1) is 0 Å². The Kier molecular flexibility index (Phi) is 5.61. The molecule has 0 aliphatic carbocycles. The Bertz CT molecular complexity index is 1130. The van der Waals surface area contributed by atoms with Crippen molar-refractivity contribution < 1.29 is 9.53 Å². The van der Waals surface area contributed by atoms with Crippen molar-refractivity contribution in [2.45, 2.75) is 39.7 Å². The zero-order valence-electron chi connectivity index (χ0n) is 17.5. The van der Waals surface area contributed by atoms with Crippen LogP contribution in [-0.4, -0.2) is 17.1 Å². The van der Waals surface area contributed by atoms with Crippen molar-refractivity contribution in [3.63, 3.8) is 0 Å². The standard InChI is InChI=1S/C25H26N2O2/c1-6-12-29-24(28)20-10-11-23-22(14-20)17(2)18(3)27(23)15-19-8-7-9-21(13-19)25(4,5)16-26/h6-11,13-14H,1,12,15H2,2-5H3. The molecule has 0 spiro atoms. The number of carbonyl (C=O) groups excluding carboxylic acids is 1. The third kappa shape index (κ3) is 3.95. The van der Waals surface area contributed by atoms with Crippen molar-refractivity contribution in [1.82, 2.24) is 4.57 Å².